The van der Waals surface area contributed by atoms with E-state index in [1.54, 1.807) is 0 Å². The van der Waals surface area contributed by atoms with Crippen LogP contribution in [0.2, 0.25) is 0 Å². The van der Waals surface area contributed by atoms with Crippen LogP contribution in [0.1, 0.15) is 25.7 Å². The Morgan fingerprint density at radius 1 is 1.11 bits per heavy atom. The third-order valence-electron chi connectivity index (χ3n) is 1.56. The van der Waals surface area contributed by atoms with E-state index in [4.69, 9.17) is 0 Å². The van der Waals surface area contributed by atoms with Crippen molar-refractivity contribution < 1.29 is 20.7 Å². The van der Waals surface area contributed by atoms with Crippen molar-refractivity contribution in [1.82, 2.24) is 3.80 Å². The molecular weight excluding hydrogens is 193 g/mol. The second-order valence-electron chi connectivity index (χ2n) is 2.13. The summed E-state index contributed by atoms with van der Waals surface area (Å²) in [5, 5.41) is 0. The van der Waals surface area contributed by atoms with Gasteiger partial charge in [-0.3, -0.25) is 0 Å². The van der Waals surface area contributed by atoms with Crippen molar-refractivity contribution in [2.75, 3.05) is 0 Å². The summed E-state index contributed by atoms with van der Waals surface area (Å²) >= 11 is 2.05. The molecule has 0 aliphatic heterocycles. The molecule has 0 aromatic rings. The van der Waals surface area contributed by atoms with Crippen molar-refractivity contribution in [2.45, 2.75) is 31.7 Å². The summed E-state index contributed by atoms with van der Waals surface area (Å²) in [5.74, 6) is 0. The molecule has 1 aliphatic rings. The fourth-order valence-electron chi connectivity index (χ4n) is 1.07. The average Bonchev–Trinajstić information content (AvgIpc) is 2.14. The van der Waals surface area contributed by atoms with Gasteiger partial charge in [-0.05, 0) is 0 Å². The molecule has 0 bridgehead atoms. The molecule has 0 aromatic carbocycles. The van der Waals surface area contributed by atoms with Gasteiger partial charge in [-0.2, -0.15) is 0 Å². The maximum atomic E-state index is 3.26. The molecule has 1 fully saturated rings. The molecule has 9 heavy (non-hydrogen) atoms. The van der Waals surface area contributed by atoms with E-state index >= 15 is 0 Å². The van der Waals surface area contributed by atoms with Crippen LogP contribution in [-0.2, 0) is 20.7 Å². The van der Waals surface area contributed by atoms with Crippen molar-refractivity contribution in [3.8, 4) is 0 Å². The van der Waals surface area contributed by atoms with Crippen LogP contribution in [0, 0.1) is 0 Å². The Balaban J connectivity index is 0. The van der Waals surface area contributed by atoms with Gasteiger partial charge in [-0.25, -0.2) is 0 Å². The minimum atomic E-state index is 0. The number of rotatable bonds is 1. The van der Waals surface area contributed by atoms with Gasteiger partial charge in [0.05, 0.1) is 0 Å². The Labute approximate surface area is 80.9 Å². The Morgan fingerprint density at radius 2 is 1.56 bits per heavy atom. The summed E-state index contributed by atoms with van der Waals surface area (Å²) in [5.41, 5.74) is 0. The van der Waals surface area contributed by atoms with Gasteiger partial charge >= 0.3 is 56.2 Å². The van der Waals surface area contributed by atoms with Crippen LogP contribution < -0.4 is 3.80 Å². The van der Waals surface area contributed by atoms with Gasteiger partial charge in [-0.15, -0.1) is 24.8 Å². The summed E-state index contributed by atoms with van der Waals surface area (Å²) in [4.78, 5) is 0. The van der Waals surface area contributed by atoms with E-state index in [0.717, 1.165) is 6.04 Å². The molecule has 1 rings (SSSR count). The molecular formula is C5H12Cl2NTi. The van der Waals surface area contributed by atoms with E-state index in [9.17, 15) is 0 Å². The molecule has 0 unspecified atom stereocenters. The Hall–Kier alpha value is 1.25. The van der Waals surface area contributed by atoms with Crippen LogP contribution in [0.15, 0.2) is 0 Å². The summed E-state index contributed by atoms with van der Waals surface area (Å²) in [6, 6.07) is 0.847. The molecule has 4 heteroatoms. The molecule has 0 atom stereocenters. The fraction of sp³-hybridized carbons (Fsp3) is 1.00. The third-order valence-corrected chi connectivity index (χ3v) is 2.20. The molecule has 0 saturated heterocycles. The van der Waals surface area contributed by atoms with Crippen LogP contribution in [0.3, 0.4) is 0 Å². The normalized spacial score (nSPS) is 18.1. The summed E-state index contributed by atoms with van der Waals surface area (Å²) < 4.78 is 3.26. The Morgan fingerprint density at radius 3 is 1.78 bits per heavy atom. The van der Waals surface area contributed by atoms with Crippen LogP contribution in [-0.4, -0.2) is 6.04 Å². The zero-order valence-corrected chi connectivity index (χ0v) is 8.42. The van der Waals surface area contributed by atoms with Gasteiger partial charge < -0.3 is 0 Å². The van der Waals surface area contributed by atoms with Crippen LogP contribution in [0.25, 0.3) is 0 Å². The van der Waals surface area contributed by atoms with Gasteiger partial charge in [0.2, 0.25) is 0 Å². The number of hydrogen-bond donors (Lipinski definition) is 1. The number of hydrogen-bond acceptors (Lipinski definition) is 1. The first-order chi connectivity index (χ1) is 3.43. The SMILES string of the molecule is Cl.Cl.[Ti][NH]C1CCCC1. The monoisotopic (exact) mass is 204 g/mol. The third kappa shape index (κ3) is 4.63. The first-order valence-corrected chi connectivity index (χ1v) is 3.64. The van der Waals surface area contributed by atoms with E-state index in [-0.39, 0.29) is 24.8 Å². The van der Waals surface area contributed by atoms with Gasteiger partial charge in [0.25, 0.3) is 0 Å². The minimum absolute atomic E-state index is 0. The predicted molar refractivity (Wildman–Crippen MR) is 39.9 cm³/mol. The van der Waals surface area contributed by atoms with E-state index in [2.05, 4.69) is 24.5 Å². The first kappa shape index (κ1) is 12.9. The van der Waals surface area contributed by atoms with Crippen molar-refractivity contribution >= 4 is 24.8 Å². The van der Waals surface area contributed by atoms with Gasteiger partial charge in [0.1, 0.15) is 0 Å². The molecule has 1 nitrogen and oxygen atoms in total. The second-order valence-corrected chi connectivity index (χ2v) is 2.58. The quantitative estimate of drug-likeness (QED) is 0.643. The van der Waals surface area contributed by atoms with E-state index in [1.165, 1.54) is 25.7 Å². The van der Waals surface area contributed by atoms with Crippen molar-refractivity contribution in [2.24, 2.45) is 0 Å². The van der Waals surface area contributed by atoms with Crippen molar-refractivity contribution in [3.05, 3.63) is 0 Å². The molecule has 55 valence electrons. The van der Waals surface area contributed by atoms with Gasteiger partial charge in [0, 0.05) is 0 Å². The van der Waals surface area contributed by atoms with Crippen LogP contribution >= 0.6 is 24.8 Å². The molecule has 0 amide bonds. The molecule has 0 aromatic heterocycles. The molecule has 1 aliphatic carbocycles. The standard InChI is InChI=1S/C5H10N.2ClH.Ti/c6-5-3-1-2-4-5;;;/h5-6H,1-4H2;2*1H;/q-1;;;+1. The zero-order valence-electron chi connectivity index (χ0n) is 5.22. The maximum absolute atomic E-state index is 3.26. The van der Waals surface area contributed by atoms with E-state index in [0.29, 0.717) is 0 Å². The summed E-state index contributed by atoms with van der Waals surface area (Å²) in [6.45, 7) is 0. The van der Waals surface area contributed by atoms with Gasteiger partial charge in [-0.1, -0.05) is 0 Å². The second kappa shape index (κ2) is 7.36. The Bertz CT molecular complexity index is 56.9. The first-order valence-electron chi connectivity index (χ1n) is 2.86. The number of halogens is 2. The number of nitrogens with one attached hydrogen (secondary N) is 1. The van der Waals surface area contributed by atoms with E-state index in [1.807, 2.05) is 0 Å². The zero-order chi connectivity index (χ0) is 5.11. The Kier molecular flexibility index (Phi) is 10.5. The fourth-order valence-corrected chi connectivity index (χ4v) is 1.52. The summed E-state index contributed by atoms with van der Waals surface area (Å²) in [6.07, 6.45) is 5.67. The van der Waals surface area contributed by atoms with Crippen molar-refractivity contribution in [1.29, 1.82) is 0 Å². The van der Waals surface area contributed by atoms with Crippen molar-refractivity contribution in [3.63, 3.8) is 0 Å². The molecule has 0 heterocycles. The molecule has 0 spiro atoms. The topological polar surface area (TPSA) is 12.0 Å². The molecule has 1 saturated carbocycles. The van der Waals surface area contributed by atoms with E-state index < -0.39 is 0 Å². The van der Waals surface area contributed by atoms with Crippen LogP contribution in [0.4, 0.5) is 0 Å². The molecule has 0 radical (unpaired) electrons. The predicted octanol–water partition coefficient (Wildman–Crippen LogP) is 1.82. The van der Waals surface area contributed by atoms with Crippen LogP contribution in [0.5, 0.6) is 0 Å². The van der Waals surface area contributed by atoms with Gasteiger partial charge in [0.15, 0.2) is 0 Å². The molecule has 1 N–H and O–H groups in total. The summed E-state index contributed by atoms with van der Waals surface area (Å²) in [7, 11) is 0. The average molecular weight is 205 g/mol.